The van der Waals surface area contributed by atoms with Gasteiger partial charge in [-0.3, -0.25) is 0 Å². The predicted octanol–water partition coefficient (Wildman–Crippen LogP) is 2.18. The first-order chi connectivity index (χ1) is 6.13. The maximum Gasteiger partial charge on any atom is 0.342 e. The fourth-order valence-electron chi connectivity index (χ4n) is 0.967. The number of halogens is 1. The van der Waals surface area contributed by atoms with Gasteiger partial charge in [0.15, 0.2) is 6.67 Å². The Morgan fingerprint density at radius 1 is 1.46 bits per heavy atom. The summed E-state index contributed by atoms with van der Waals surface area (Å²) in [6, 6.07) is 5.45. The van der Waals surface area contributed by atoms with Crippen LogP contribution in [0.1, 0.15) is 11.1 Å². The summed E-state index contributed by atoms with van der Waals surface area (Å²) >= 11 is 0. The lowest BCUT2D eigenvalue weighted by Gasteiger charge is -2.05. The summed E-state index contributed by atoms with van der Waals surface area (Å²) in [5.41, 5.74) is 1.81. The van der Waals surface area contributed by atoms with Gasteiger partial charge in [-0.15, -0.1) is 0 Å². The number of esters is 1. The lowest BCUT2D eigenvalue weighted by Crippen LogP contribution is -2.10. The van der Waals surface area contributed by atoms with Gasteiger partial charge in [0.1, 0.15) is 5.75 Å². The largest absolute Gasteiger partial charge is 0.424 e. The number of hydrogen-bond donors (Lipinski definition) is 0. The molecule has 0 unspecified atom stereocenters. The molecule has 1 aromatic rings. The van der Waals surface area contributed by atoms with Crippen molar-refractivity contribution in [2.45, 2.75) is 13.8 Å². The average Bonchev–Trinajstić information content (AvgIpc) is 2.11. The quantitative estimate of drug-likeness (QED) is 0.517. The van der Waals surface area contributed by atoms with E-state index in [0.29, 0.717) is 5.75 Å². The van der Waals surface area contributed by atoms with E-state index in [9.17, 15) is 9.18 Å². The van der Waals surface area contributed by atoms with Gasteiger partial charge in [-0.1, -0.05) is 12.1 Å². The minimum atomic E-state index is -1.09. The predicted molar refractivity (Wildman–Crippen MR) is 47.5 cm³/mol. The first kappa shape index (κ1) is 9.71. The van der Waals surface area contributed by atoms with Crippen molar-refractivity contribution < 1.29 is 13.9 Å². The van der Waals surface area contributed by atoms with E-state index in [4.69, 9.17) is 4.74 Å². The third kappa shape index (κ3) is 2.54. The molecule has 3 heteroatoms. The molecule has 0 aromatic heterocycles. The Morgan fingerprint density at radius 3 is 2.77 bits per heavy atom. The van der Waals surface area contributed by atoms with Gasteiger partial charge in [0.05, 0.1) is 0 Å². The first-order valence-corrected chi connectivity index (χ1v) is 3.97. The van der Waals surface area contributed by atoms with Crippen molar-refractivity contribution in [3.63, 3.8) is 0 Å². The molecule has 0 aliphatic carbocycles. The number of hydrogen-bond acceptors (Lipinski definition) is 2. The molecule has 0 fully saturated rings. The molecule has 2 nitrogen and oxygen atoms in total. The highest BCUT2D eigenvalue weighted by Crippen LogP contribution is 2.19. The smallest absolute Gasteiger partial charge is 0.342 e. The Hall–Kier alpha value is -1.38. The molecule has 0 N–H and O–H groups in total. The fourth-order valence-corrected chi connectivity index (χ4v) is 0.967. The van der Waals surface area contributed by atoms with Crippen LogP contribution in [0, 0.1) is 13.8 Å². The van der Waals surface area contributed by atoms with Gasteiger partial charge in [0.25, 0.3) is 0 Å². The van der Waals surface area contributed by atoms with Crippen molar-refractivity contribution in [2.24, 2.45) is 0 Å². The topological polar surface area (TPSA) is 26.3 Å². The van der Waals surface area contributed by atoms with Crippen LogP contribution in [-0.4, -0.2) is 12.6 Å². The van der Waals surface area contributed by atoms with Gasteiger partial charge in [0.2, 0.25) is 0 Å². The zero-order chi connectivity index (χ0) is 9.84. The van der Waals surface area contributed by atoms with Crippen molar-refractivity contribution in [3.8, 4) is 5.75 Å². The first-order valence-electron chi connectivity index (χ1n) is 3.97. The molecule has 0 saturated carbocycles. The van der Waals surface area contributed by atoms with Crippen LogP contribution in [-0.2, 0) is 4.79 Å². The van der Waals surface area contributed by atoms with Gasteiger partial charge < -0.3 is 4.74 Å². The van der Waals surface area contributed by atoms with Crippen molar-refractivity contribution >= 4 is 5.97 Å². The highest BCUT2D eigenvalue weighted by molar-refractivity contribution is 5.73. The van der Waals surface area contributed by atoms with E-state index in [-0.39, 0.29) is 0 Å². The SMILES string of the molecule is Cc1ccc(C)c(OC(=O)CF)c1. The summed E-state index contributed by atoms with van der Waals surface area (Å²) in [5, 5.41) is 0. The second kappa shape index (κ2) is 4.03. The number of carbonyl (C=O) groups excluding carboxylic acids is 1. The molecule has 0 heterocycles. The van der Waals surface area contributed by atoms with Crippen molar-refractivity contribution in [1.29, 1.82) is 0 Å². The van der Waals surface area contributed by atoms with E-state index in [1.807, 2.05) is 19.1 Å². The highest BCUT2D eigenvalue weighted by Gasteiger charge is 2.05. The second-order valence-electron chi connectivity index (χ2n) is 2.88. The van der Waals surface area contributed by atoms with Gasteiger partial charge in [-0.25, -0.2) is 9.18 Å². The van der Waals surface area contributed by atoms with Gasteiger partial charge >= 0.3 is 5.97 Å². The molecule has 0 saturated heterocycles. The maximum absolute atomic E-state index is 11.8. The van der Waals surface area contributed by atoms with E-state index in [0.717, 1.165) is 11.1 Å². The Balaban J connectivity index is 2.87. The van der Waals surface area contributed by atoms with E-state index >= 15 is 0 Å². The molecule has 0 radical (unpaired) electrons. The normalized spacial score (nSPS) is 9.77. The van der Waals surface area contributed by atoms with E-state index < -0.39 is 12.6 Å². The van der Waals surface area contributed by atoms with Crippen molar-refractivity contribution in [3.05, 3.63) is 29.3 Å². The van der Waals surface area contributed by atoms with E-state index in [1.54, 1.807) is 13.0 Å². The Labute approximate surface area is 76.3 Å². The zero-order valence-electron chi connectivity index (χ0n) is 7.63. The van der Waals surface area contributed by atoms with Gasteiger partial charge in [0, 0.05) is 0 Å². The molecule has 70 valence electrons. The van der Waals surface area contributed by atoms with Crippen molar-refractivity contribution in [1.82, 2.24) is 0 Å². The molecule has 0 spiro atoms. The number of benzene rings is 1. The van der Waals surface area contributed by atoms with Crippen LogP contribution in [0.25, 0.3) is 0 Å². The Bertz CT molecular complexity index is 321. The van der Waals surface area contributed by atoms with Crippen molar-refractivity contribution in [2.75, 3.05) is 6.67 Å². The molecular formula is C10H11FO2. The van der Waals surface area contributed by atoms with Crippen LogP contribution >= 0.6 is 0 Å². The summed E-state index contributed by atoms with van der Waals surface area (Å²) < 4.78 is 16.6. The molecule has 0 atom stereocenters. The molecular weight excluding hydrogens is 171 g/mol. The third-order valence-electron chi connectivity index (χ3n) is 1.68. The summed E-state index contributed by atoms with van der Waals surface area (Å²) in [4.78, 5) is 10.6. The monoisotopic (exact) mass is 182 g/mol. The van der Waals surface area contributed by atoms with E-state index in [1.165, 1.54) is 0 Å². The number of carbonyl (C=O) groups is 1. The lowest BCUT2D eigenvalue weighted by atomic mass is 10.1. The number of ether oxygens (including phenoxy) is 1. The van der Waals surface area contributed by atoms with Crippen LogP contribution in [0.3, 0.4) is 0 Å². The van der Waals surface area contributed by atoms with E-state index in [2.05, 4.69) is 0 Å². The Morgan fingerprint density at radius 2 is 2.15 bits per heavy atom. The molecule has 1 rings (SSSR count). The van der Waals surface area contributed by atoms with Crippen LogP contribution in [0.15, 0.2) is 18.2 Å². The molecule has 0 amide bonds. The molecule has 1 aromatic carbocycles. The number of rotatable bonds is 2. The average molecular weight is 182 g/mol. The maximum atomic E-state index is 11.8. The summed E-state index contributed by atoms with van der Waals surface area (Å²) in [5.74, 6) is -0.420. The highest BCUT2D eigenvalue weighted by atomic mass is 19.1. The summed E-state index contributed by atoms with van der Waals surface area (Å²) in [6.45, 7) is 2.60. The zero-order valence-corrected chi connectivity index (χ0v) is 7.63. The van der Waals surface area contributed by atoms with Crippen LogP contribution in [0.2, 0.25) is 0 Å². The van der Waals surface area contributed by atoms with Gasteiger partial charge in [-0.05, 0) is 31.0 Å². The molecule has 0 bridgehead atoms. The van der Waals surface area contributed by atoms with Crippen LogP contribution in [0.4, 0.5) is 4.39 Å². The molecule has 0 aliphatic heterocycles. The lowest BCUT2D eigenvalue weighted by molar-refractivity contribution is -0.135. The number of aryl methyl sites for hydroxylation is 2. The summed E-state index contributed by atoms with van der Waals surface area (Å²) in [7, 11) is 0. The van der Waals surface area contributed by atoms with Crippen LogP contribution < -0.4 is 4.74 Å². The minimum Gasteiger partial charge on any atom is -0.424 e. The standard InChI is InChI=1S/C10H11FO2/c1-7-3-4-8(2)9(5-7)13-10(12)6-11/h3-5H,6H2,1-2H3. The number of alkyl halides is 1. The Kier molecular flexibility index (Phi) is 3.01. The van der Waals surface area contributed by atoms with Crippen LogP contribution in [0.5, 0.6) is 5.75 Å². The third-order valence-corrected chi connectivity index (χ3v) is 1.68. The molecule has 13 heavy (non-hydrogen) atoms. The second-order valence-corrected chi connectivity index (χ2v) is 2.88. The molecule has 0 aliphatic rings. The van der Waals surface area contributed by atoms with Gasteiger partial charge in [-0.2, -0.15) is 0 Å². The fraction of sp³-hybridized carbons (Fsp3) is 0.300. The minimum absolute atomic E-state index is 0.433. The summed E-state index contributed by atoms with van der Waals surface area (Å²) in [6.07, 6.45) is 0.